The molecule has 0 bridgehead atoms. The summed E-state index contributed by atoms with van der Waals surface area (Å²) in [4.78, 5) is 29.3. The second-order valence-electron chi connectivity index (χ2n) is 8.07. The summed E-state index contributed by atoms with van der Waals surface area (Å²) in [5.41, 5.74) is 1.25. The van der Waals surface area contributed by atoms with E-state index in [9.17, 15) is 22.8 Å². The van der Waals surface area contributed by atoms with Crippen LogP contribution in [0.5, 0.6) is 0 Å². The van der Waals surface area contributed by atoms with Gasteiger partial charge in [-0.05, 0) is 38.7 Å². The van der Waals surface area contributed by atoms with Crippen LogP contribution in [-0.2, 0) is 16.0 Å². The number of nitrogens with zero attached hydrogens (tertiary/aromatic N) is 3. The molecule has 1 aromatic rings. The molecular formula is C21H28F3N3O2. The molecule has 3 unspecified atom stereocenters. The van der Waals surface area contributed by atoms with Crippen LogP contribution in [-0.4, -0.2) is 77.0 Å². The number of rotatable bonds is 4. The van der Waals surface area contributed by atoms with Gasteiger partial charge in [0.05, 0.1) is 0 Å². The number of carbonyl (C=O) groups is 2. The third-order valence-electron chi connectivity index (χ3n) is 5.96. The smallest absolute Gasteiger partial charge is 0.338 e. The van der Waals surface area contributed by atoms with Crippen LogP contribution in [0, 0.1) is 0 Å². The number of piperazine rings is 1. The summed E-state index contributed by atoms with van der Waals surface area (Å²) in [5.74, 6) is -2.27. The van der Waals surface area contributed by atoms with E-state index in [1.165, 1.54) is 5.56 Å². The van der Waals surface area contributed by atoms with Crippen LogP contribution < -0.4 is 0 Å². The second-order valence-corrected chi connectivity index (χ2v) is 8.07. The van der Waals surface area contributed by atoms with Gasteiger partial charge in [-0.25, -0.2) is 0 Å². The van der Waals surface area contributed by atoms with Crippen LogP contribution in [0.2, 0.25) is 0 Å². The standard InChI is InChI=1S/C21H28F3N3O2/c1-15-13-25(14-16(2)26(15)12-10-17-7-4-3-5-8-17)19(28)18-9-6-11-27(18)20(29)21(22,23)24/h3-5,7-8,15-16,18H,6,9-14H2,1-2H3. The zero-order valence-corrected chi connectivity index (χ0v) is 16.9. The molecule has 2 fully saturated rings. The molecule has 2 saturated heterocycles. The summed E-state index contributed by atoms with van der Waals surface area (Å²) in [7, 11) is 0. The number of alkyl halides is 3. The number of likely N-dealkylation sites (tertiary alicyclic amines) is 1. The highest BCUT2D eigenvalue weighted by Crippen LogP contribution is 2.28. The minimum absolute atomic E-state index is 0.0170. The zero-order valence-electron chi connectivity index (χ0n) is 16.9. The maximum atomic E-state index is 13.0. The van der Waals surface area contributed by atoms with Crippen LogP contribution >= 0.6 is 0 Å². The van der Waals surface area contributed by atoms with E-state index in [0.29, 0.717) is 24.4 Å². The van der Waals surface area contributed by atoms with E-state index in [-0.39, 0.29) is 31.0 Å². The Morgan fingerprint density at radius 3 is 2.28 bits per heavy atom. The Hall–Kier alpha value is -2.09. The Bertz CT molecular complexity index is 714. The summed E-state index contributed by atoms with van der Waals surface area (Å²) in [5, 5.41) is 0. The minimum atomic E-state index is -4.94. The molecule has 0 radical (unpaired) electrons. The van der Waals surface area contributed by atoms with Gasteiger partial charge in [0.25, 0.3) is 0 Å². The summed E-state index contributed by atoms with van der Waals surface area (Å²) < 4.78 is 38.6. The van der Waals surface area contributed by atoms with Crippen molar-refractivity contribution in [2.75, 3.05) is 26.2 Å². The van der Waals surface area contributed by atoms with Crippen LogP contribution in [0.1, 0.15) is 32.3 Å². The van der Waals surface area contributed by atoms with Gasteiger partial charge in [0.2, 0.25) is 5.91 Å². The molecule has 0 aromatic heterocycles. The van der Waals surface area contributed by atoms with Crippen molar-refractivity contribution in [3.8, 4) is 0 Å². The number of carbonyl (C=O) groups excluding carboxylic acids is 2. The summed E-state index contributed by atoms with van der Waals surface area (Å²) in [6.07, 6.45) is -3.34. The van der Waals surface area contributed by atoms with Crippen molar-refractivity contribution in [1.29, 1.82) is 0 Å². The quantitative estimate of drug-likeness (QED) is 0.765. The average molecular weight is 411 g/mol. The fraction of sp³-hybridized carbons (Fsp3) is 0.619. The SMILES string of the molecule is CC1CN(C(=O)C2CCCN2C(=O)C(F)(F)F)CC(C)N1CCc1ccccc1. The van der Waals surface area contributed by atoms with E-state index < -0.39 is 18.1 Å². The van der Waals surface area contributed by atoms with E-state index in [1.54, 1.807) is 4.90 Å². The molecule has 160 valence electrons. The maximum absolute atomic E-state index is 13.0. The van der Waals surface area contributed by atoms with Crippen molar-refractivity contribution in [3.05, 3.63) is 35.9 Å². The van der Waals surface area contributed by atoms with Crippen LogP contribution in [0.15, 0.2) is 30.3 Å². The first-order chi connectivity index (χ1) is 13.7. The average Bonchev–Trinajstić information content (AvgIpc) is 3.15. The molecule has 0 aliphatic carbocycles. The fourth-order valence-electron chi connectivity index (χ4n) is 4.52. The van der Waals surface area contributed by atoms with Crippen molar-refractivity contribution in [2.45, 2.75) is 57.4 Å². The predicted molar refractivity (Wildman–Crippen MR) is 103 cm³/mol. The Morgan fingerprint density at radius 2 is 1.69 bits per heavy atom. The number of benzene rings is 1. The predicted octanol–water partition coefficient (Wildman–Crippen LogP) is 2.70. The van der Waals surface area contributed by atoms with Crippen LogP contribution in [0.4, 0.5) is 13.2 Å². The van der Waals surface area contributed by atoms with Crippen LogP contribution in [0.25, 0.3) is 0 Å². The third-order valence-corrected chi connectivity index (χ3v) is 5.96. The van der Waals surface area contributed by atoms with Gasteiger partial charge in [-0.2, -0.15) is 13.2 Å². The fourth-order valence-corrected chi connectivity index (χ4v) is 4.52. The first kappa shape index (κ1) is 21.6. The molecule has 3 rings (SSSR count). The molecule has 3 atom stereocenters. The maximum Gasteiger partial charge on any atom is 0.471 e. The number of halogens is 3. The number of amides is 2. The third kappa shape index (κ3) is 4.91. The highest BCUT2D eigenvalue weighted by molar-refractivity contribution is 5.90. The molecule has 1 aromatic carbocycles. The van der Waals surface area contributed by atoms with E-state index in [1.807, 2.05) is 32.0 Å². The summed E-state index contributed by atoms with van der Waals surface area (Å²) in [6, 6.07) is 9.36. The van der Waals surface area contributed by atoms with Gasteiger partial charge in [-0.1, -0.05) is 30.3 Å². The van der Waals surface area contributed by atoms with Gasteiger partial charge in [0, 0.05) is 38.3 Å². The first-order valence-corrected chi connectivity index (χ1v) is 10.1. The molecule has 2 amide bonds. The van der Waals surface area contributed by atoms with E-state index in [2.05, 4.69) is 17.0 Å². The lowest BCUT2D eigenvalue weighted by atomic mass is 10.0. The lowest BCUT2D eigenvalue weighted by molar-refractivity contribution is -0.187. The highest BCUT2D eigenvalue weighted by Gasteiger charge is 2.48. The van der Waals surface area contributed by atoms with Gasteiger partial charge in [-0.3, -0.25) is 14.5 Å². The molecule has 2 aliphatic heterocycles. The highest BCUT2D eigenvalue weighted by atomic mass is 19.4. The Balaban J connectivity index is 1.61. The van der Waals surface area contributed by atoms with Gasteiger partial charge in [0.15, 0.2) is 0 Å². The van der Waals surface area contributed by atoms with Crippen molar-refractivity contribution in [3.63, 3.8) is 0 Å². The molecule has 8 heteroatoms. The largest absolute Gasteiger partial charge is 0.471 e. The summed E-state index contributed by atoms with van der Waals surface area (Å²) >= 11 is 0. The zero-order chi connectivity index (χ0) is 21.2. The molecule has 0 spiro atoms. The molecule has 2 aliphatic rings. The topological polar surface area (TPSA) is 43.9 Å². The Labute approximate surface area is 169 Å². The number of hydrogen-bond acceptors (Lipinski definition) is 3. The van der Waals surface area contributed by atoms with Crippen molar-refractivity contribution in [2.24, 2.45) is 0 Å². The normalized spacial score (nSPS) is 26.0. The molecule has 0 saturated carbocycles. The number of hydrogen-bond donors (Lipinski definition) is 0. The van der Waals surface area contributed by atoms with Gasteiger partial charge < -0.3 is 9.80 Å². The molecule has 29 heavy (non-hydrogen) atoms. The molecule has 5 nitrogen and oxygen atoms in total. The molecular weight excluding hydrogens is 383 g/mol. The Kier molecular flexibility index (Phi) is 6.51. The van der Waals surface area contributed by atoms with E-state index in [4.69, 9.17) is 0 Å². The van der Waals surface area contributed by atoms with Gasteiger partial charge in [-0.15, -0.1) is 0 Å². The van der Waals surface area contributed by atoms with E-state index in [0.717, 1.165) is 13.0 Å². The Morgan fingerprint density at radius 1 is 1.07 bits per heavy atom. The summed E-state index contributed by atoms with van der Waals surface area (Å²) in [6.45, 7) is 5.83. The van der Waals surface area contributed by atoms with Crippen molar-refractivity contribution >= 4 is 11.8 Å². The first-order valence-electron chi connectivity index (χ1n) is 10.1. The van der Waals surface area contributed by atoms with Crippen LogP contribution in [0.3, 0.4) is 0 Å². The lowest BCUT2D eigenvalue weighted by Crippen LogP contribution is -2.61. The van der Waals surface area contributed by atoms with Gasteiger partial charge in [0.1, 0.15) is 6.04 Å². The molecule has 0 N–H and O–H groups in total. The monoisotopic (exact) mass is 411 g/mol. The van der Waals surface area contributed by atoms with Gasteiger partial charge >= 0.3 is 12.1 Å². The lowest BCUT2D eigenvalue weighted by Gasteiger charge is -2.45. The second kappa shape index (κ2) is 8.73. The van der Waals surface area contributed by atoms with Crippen molar-refractivity contribution in [1.82, 2.24) is 14.7 Å². The van der Waals surface area contributed by atoms with Crippen molar-refractivity contribution < 1.29 is 22.8 Å². The minimum Gasteiger partial charge on any atom is -0.338 e. The molecule has 2 heterocycles. The van der Waals surface area contributed by atoms with E-state index >= 15 is 0 Å².